The number of hydrogen-bond acceptors (Lipinski definition) is 3. The van der Waals surface area contributed by atoms with Crippen molar-refractivity contribution in [2.75, 3.05) is 5.32 Å². The number of benzene rings is 1. The maximum Gasteiger partial charge on any atom is 0.319 e. The van der Waals surface area contributed by atoms with Crippen LogP contribution < -0.4 is 15.4 Å². The summed E-state index contributed by atoms with van der Waals surface area (Å²) >= 11 is 0. The molecule has 0 bridgehead atoms. The Morgan fingerprint density at radius 2 is 2.26 bits per heavy atom. The largest absolute Gasteiger partial charge is 0.462 e. The second-order valence-electron chi connectivity index (χ2n) is 4.13. The molecule has 2 amide bonds. The highest BCUT2D eigenvalue weighted by molar-refractivity contribution is 5.89. The highest BCUT2D eigenvalue weighted by Crippen LogP contribution is 2.22. The average molecular weight is 263 g/mol. The van der Waals surface area contributed by atoms with Gasteiger partial charge in [-0.15, -0.1) is 0 Å². The van der Waals surface area contributed by atoms with Gasteiger partial charge in [-0.25, -0.2) is 9.18 Å². The van der Waals surface area contributed by atoms with Crippen LogP contribution in [0.1, 0.15) is 12.8 Å². The van der Waals surface area contributed by atoms with Crippen molar-refractivity contribution in [2.45, 2.75) is 18.9 Å². The normalized spacial score (nSPS) is 14.2. The number of ether oxygens (including phenoxy) is 1. The van der Waals surface area contributed by atoms with Gasteiger partial charge in [0.1, 0.15) is 0 Å². The second kappa shape index (κ2) is 5.99. The van der Waals surface area contributed by atoms with Crippen LogP contribution >= 0.6 is 0 Å². The maximum atomic E-state index is 13.6. The van der Waals surface area contributed by atoms with Crippen molar-refractivity contribution >= 4 is 17.9 Å². The molecule has 2 rings (SSSR count). The fourth-order valence-electron chi connectivity index (χ4n) is 1.41. The number of carbonyl (C=O) groups is 1. The highest BCUT2D eigenvalue weighted by Gasteiger charge is 2.23. The molecule has 100 valence electrons. The number of nitrogens with one attached hydrogen (secondary N) is 3. The lowest BCUT2D eigenvalue weighted by atomic mass is 10.3. The Kier molecular flexibility index (Phi) is 4.12. The third kappa shape index (κ3) is 4.09. The predicted molar refractivity (Wildman–Crippen MR) is 70.1 cm³/mol. The Hall–Kier alpha value is -2.37. The quantitative estimate of drug-likeness (QED) is 0.564. The topological polar surface area (TPSA) is 74.2 Å². The first-order valence-electron chi connectivity index (χ1n) is 5.88. The molecule has 1 fully saturated rings. The van der Waals surface area contributed by atoms with Gasteiger partial charge in [-0.3, -0.25) is 0 Å². The van der Waals surface area contributed by atoms with E-state index in [2.05, 4.69) is 10.6 Å². The summed E-state index contributed by atoms with van der Waals surface area (Å²) in [5, 5.41) is 12.0. The Morgan fingerprint density at radius 1 is 1.47 bits per heavy atom. The van der Waals surface area contributed by atoms with Crippen molar-refractivity contribution in [2.24, 2.45) is 0 Å². The summed E-state index contributed by atoms with van der Waals surface area (Å²) in [6, 6.07) is 4.05. The number of hydrogen-bond donors (Lipinski definition) is 3. The molecule has 0 saturated heterocycles. The van der Waals surface area contributed by atoms with E-state index < -0.39 is 5.82 Å². The van der Waals surface area contributed by atoms with Gasteiger partial charge in [0.2, 0.25) is 0 Å². The van der Waals surface area contributed by atoms with Crippen LogP contribution in [0.3, 0.4) is 0 Å². The van der Waals surface area contributed by atoms with Crippen molar-refractivity contribution in [3.8, 4) is 5.75 Å². The number of anilines is 1. The van der Waals surface area contributed by atoms with Gasteiger partial charge < -0.3 is 20.8 Å². The Balaban J connectivity index is 1.94. The Bertz CT molecular complexity index is 513. The van der Waals surface area contributed by atoms with Crippen LogP contribution in [0.2, 0.25) is 0 Å². The van der Waals surface area contributed by atoms with Crippen LogP contribution in [0, 0.1) is 11.2 Å². The first-order valence-corrected chi connectivity index (χ1v) is 5.88. The molecule has 0 spiro atoms. The molecule has 0 aliphatic heterocycles. The van der Waals surface area contributed by atoms with Gasteiger partial charge in [-0.2, -0.15) is 0 Å². The molecule has 1 saturated carbocycles. The molecule has 0 radical (unpaired) electrons. The first-order chi connectivity index (χ1) is 9.19. The number of amides is 2. The fraction of sp³-hybridized carbons (Fsp3) is 0.231. The molecule has 3 N–H and O–H groups in total. The van der Waals surface area contributed by atoms with Crippen molar-refractivity contribution in [3.63, 3.8) is 0 Å². The molecular formula is C13H14FN3O2. The number of allylic oxidation sites excluding steroid dienone is 1. The van der Waals surface area contributed by atoms with Crippen molar-refractivity contribution in [3.05, 3.63) is 36.4 Å². The SMILES string of the molecule is N=C/C=C/Oc1ccc(NC(=O)NC2CC2)cc1F. The van der Waals surface area contributed by atoms with E-state index in [1.807, 2.05) is 0 Å². The number of carbonyl (C=O) groups excluding carboxylic acids is 1. The van der Waals surface area contributed by atoms with E-state index in [1.165, 1.54) is 24.5 Å². The Labute approximate surface area is 110 Å². The zero-order valence-corrected chi connectivity index (χ0v) is 10.2. The van der Waals surface area contributed by atoms with Crippen molar-refractivity contribution in [1.82, 2.24) is 5.32 Å². The molecule has 0 aromatic heterocycles. The lowest BCUT2D eigenvalue weighted by Crippen LogP contribution is -2.30. The van der Waals surface area contributed by atoms with Gasteiger partial charge in [-0.1, -0.05) is 0 Å². The molecule has 6 heteroatoms. The molecule has 5 nitrogen and oxygen atoms in total. The van der Waals surface area contributed by atoms with E-state index in [9.17, 15) is 9.18 Å². The van der Waals surface area contributed by atoms with Gasteiger partial charge in [0, 0.05) is 24.0 Å². The summed E-state index contributed by atoms with van der Waals surface area (Å²) in [4.78, 5) is 11.5. The molecule has 1 aliphatic carbocycles. The second-order valence-corrected chi connectivity index (χ2v) is 4.13. The molecule has 19 heavy (non-hydrogen) atoms. The minimum Gasteiger partial charge on any atom is -0.462 e. The molecule has 0 heterocycles. The van der Waals surface area contributed by atoms with E-state index in [-0.39, 0.29) is 17.8 Å². The van der Waals surface area contributed by atoms with Gasteiger partial charge in [0.15, 0.2) is 11.6 Å². The van der Waals surface area contributed by atoms with Crippen LogP contribution in [-0.4, -0.2) is 18.3 Å². The monoisotopic (exact) mass is 263 g/mol. The van der Waals surface area contributed by atoms with Crippen LogP contribution in [0.5, 0.6) is 5.75 Å². The van der Waals surface area contributed by atoms with Gasteiger partial charge in [0.05, 0.1) is 6.26 Å². The van der Waals surface area contributed by atoms with E-state index in [4.69, 9.17) is 10.1 Å². The zero-order chi connectivity index (χ0) is 13.7. The van der Waals surface area contributed by atoms with E-state index >= 15 is 0 Å². The summed E-state index contributed by atoms with van der Waals surface area (Å²) in [6.45, 7) is 0. The van der Waals surface area contributed by atoms with E-state index in [0.717, 1.165) is 19.1 Å². The van der Waals surface area contributed by atoms with Gasteiger partial charge in [-0.05, 0) is 31.1 Å². The molecule has 1 aliphatic rings. The molecule has 0 atom stereocenters. The summed E-state index contributed by atoms with van der Waals surface area (Å²) in [7, 11) is 0. The van der Waals surface area contributed by atoms with E-state index in [1.54, 1.807) is 6.07 Å². The third-order valence-corrected chi connectivity index (χ3v) is 2.47. The number of halogens is 1. The summed E-state index contributed by atoms with van der Waals surface area (Å²) in [5.41, 5.74) is 0.360. The molecule has 1 aromatic carbocycles. The molecule has 0 unspecified atom stereocenters. The van der Waals surface area contributed by atoms with Gasteiger partial charge in [0.25, 0.3) is 0 Å². The lowest BCUT2D eigenvalue weighted by molar-refractivity contribution is 0.251. The average Bonchev–Trinajstić information content (AvgIpc) is 3.16. The predicted octanol–water partition coefficient (Wildman–Crippen LogP) is 2.65. The number of rotatable bonds is 5. The minimum absolute atomic E-state index is 0.0336. The third-order valence-electron chi connectivity index (χ3n) is 2.47. The molecular weight excluding hydrogens is 249 g/mol. The summed E-state index contributed by atoms with van der Waals surface area (Å²) < 4.78 is 18.6. The van der Waals surface area contributed by atoms with E-state index in [0.29, 0.717) is 5.69 Å². The van der Waals surface area contributed by atoms with Crippen LogP contribution in [-0.2, 0) is 0 Å². The summed E-state index contributed by atoms with van der Waals surface area (Å²) in [6.07, 6.45) is 5.55. The number of urea groups is 1. The smallest absolute Gasteiger partial charge is 0.319 e. The molecule has 1 aromatic rings. The highest BCUT2D eigenvalue weighted by atomic mass is 19.1. The van der Waals surface area contributed by atoms with Gasteiger partial charge >= 0.3 is 6.03 Å². The standard InChI is InChI=1S/C13H14FN3O2/c14-11-8-10(17-13(18)16-9-2-3-9)4-5-12(11)19-7-1-6-15/h1,4-9,15H,2-3H2,(H2,16,17,18)/b7-1+,15-6?. The van der Waals surface area contributed by atoms with Crippen LogP contribution in [0.15, 0.2) is 30.5 Å². The van der Waals surface area contributed by atoms with Crippen LogP contribution in [0.4, 0.5) is 14.9 Å². The minimum atomic E-state index is -0.584. The summed E-state index contributed by atoms with van der Waals surface area (Å²) in [5.74, 6) is -0.551. The maximum absolute atomic E-state index is 13.6. The first kappa shape index (κ1) is 13.1. The zero-order valence-electron chi connectivity index (χ0n) is 10.2. The van der Waals surface area contributed by atoms with Crippen LogP contribution in [0.25, 0.3) is 0 Å². The fourth-order valence-corrected chi connectivity index (χ4v) is 1.41. The Morgan fingerprint density at radius 3 is 2.89 bits per heavy atom. The lowest BCUT2D eigenvalue weighted by Gasteiger charge is -2.08. The van der Waals surface area contributed by atoms with Crippen molar-refractivity contribution < 1.29 is 13.9 Å². The van der Waals surface area contributed by atoms with Crippen molar-refractivity contribution in [1.29, 1.82) is 5.41 Å².